The maximum Gasteiger partial charge on any atom is 0.141 e. The lowest BCUT2D eigenvalue weighted by Gasteiger charge is -2.32. The molecule has 0 fully saturated rings. The quantitative estimate of drug-likeness (QED) is 0.793. The lowest BCUT2D eigenvalue weighted by molar-refractivity contribution is 0.181. The summed E-state index contributed by atoms with van der Waals surface area (Å²) in [4.78, 5) is 6.68. The molecule has 1 N–H and O–H groups in total. The van der Waals surface area contributed by atoms with Crippen LogP contribution in [0, 0.1) is 11.7 Å². The molecule has 4 heteroatoms. The zero-order valence-electron chi connectivity index (χ0n) is 13.4. The van der Waals surface area contributed by atoms with Crippen LogP contribution < -0.4 is 5.32 Å². The Labute approximate surface area is 122 Å². The molecule has 0 bridgehead atoms. The van der Waals surface area contributed by atoms with Gasteiger partial charge >= 0.3 is 0 Å². The fraction of sp³-hybridized carbons (Fsp3) is 0.688. The number of rotatable bonds is 8. The third kappa shape index (κ3) is 4.84. The van der Waals surface area contributed by atoms with Crippen molar-refractivity contribution in [1.29, 1.82) is 0 Å². The van der Waals surface area contributed by atoms with Crippen LogP contribution in [0.3, 0.4) is 0 Å². The first-order valence-electron chi connectivity index (χ1n) is 7.58. The van der Waals surface area contributed by atoms with Crippen LogP contribution in [0.15, 0.2) is 18.3 Å². The Bertz CT molecular complexity index is 378. The Morgan fingerprint density at radius 2 is 1.95 bits per heavy atom. The molecule has 1 rings (SSSR count). The minimum atomic E-state index is -0.283. The van der Waals surface area contributed by atoms with E-state index in [0.29, 0.717) is 12.0 Å². The van der Waals surface area contributed by atoms with E-state index >= 15 is 0 Å². The highest BCUT2D eigenvalue weighted by molar-refractivity contribution is 5.11. The zero-order chi connectivity index (χ0) is 15.1. The molecule has 3 nitrogen and oxygen atoms in total. The number of pyridine rings is 1. The van der Waals surface area contributed by atoms with Crippen LogP contribution in [0.2, 0.25) is 0 Å². The minimum Gasteiger partial charge on any atom is -0.309 e. The van der Waals surface area contributed by atoms with Crippen LogP contribution in [0.1, 0.15) is 46.4 Å². The van der Waals surface area contributed by atoms with Crippen molar-refractivity contribution in [2.45, 2.75) is 46.7 Å². The first-order chi connectivity index (χ1) is 9.49. The molecule has 0 radical (unpaired) electrons. The molecule has 1 heterocycles. The number of aromatic nitrogens is 1. The Kier molecular flexibility index (Phi) is 7.10. The van der Waals surface area contributed by atoms with Gasteiger partial charge in [-0.05, 0) is 45.0 Å². The van der Waals surface area contributed by atoms with E-state index in [-0.39, 0.29) is 11.9 Å². The second-order valence-corrected chi connectivity index (χ2v) is 5.60. The van der Waals surface area contributed by atoms with E-state index in [0.717, 1.165) is 25.3 Å². The van der Waals surface area contributed by atoms with Gasteiger partial charge in [0.15, 0.2) is 0 Å². The number of hydrogen-bond acceptors (Lipinski definition) is 3. The van der Waals surface area contributed by atoms with Gasteiger partial charge in [0.1, 0.15) is 5.82 Å². The van der Waals surface area contributed by atoms with E-state index in [9.17, 15) is 4.39 Å². The van der Waals surface area contributed by atoms with Gasteiger partial charge in [-0.2, -0.15) is 0 Å². The van der Waals surface area contributed by atoms with Crippen molar-refractivity contribution in [3.8, 4) is 0 Å². The molecule has 0 aliphatic rings. The van der Waals surface area contributed by atoms with Crippen molar-refractivity contribution in [1.82, 2.24) is 15.2 Å². The van der Waals surface area contributed by atoms with Crippen LogP contribution in [0.5, 0.6) is 0 Å². The molecule has 1 aromatic heterocycles. The molecule has 20 heavy (non-hydrogen) atoms. The highest BCUT2D eigenvalue weighted by atomic mass is 19.1. The summed E-state index contributed by atoms with van der Waals surface area (Å²) in [5.74, 6) is 0.129. The summed E-state index contributed by atoms with van der Waals surface area (Å²) < 4.78 is 13.0. The Morgan fingerprint density at radius 1 is 1.25 bits per heavy atom. The average molecular weight is 281 g/mol. The molecule has 0 aliphatic heterocycles. The molecule has 2 unspecified atom stereocenters. The predicted octanol–water partition coefficient (Wildman–Crippen LogP) is 3.24. The van der Waals surface area contributed by atoms with Gasteiger partial charge in [0, 0.05) is 12.6 Å². The summed E-state index contributed by atoms with van der Waals surface area (Å²) in [6, 6.07) is 3.96. The largest absolute Gasteiger partial charge is 0.309 e. The SMILES string of the molecule is CCNC(c1ccc(F)cn1)C(C)CN(CC)C(C)C. The van der Waals surface area contributed by atoms with Crippen molar-refractivity contribution in [3.05, 3.63) is 29.8 Å². The van der Waals surface area contributed by atoms with E-state index in [1.807, 2.05) is 0 Å². The van der Waals surface area contributed by atoms with Crippen molar-refractivity contribution >= 4 is 0 Å². The second-order valence-electron chi connectivity index (χ2n) is 5.60. The van der Waals surface area contributed by atoms with Gasteiger partial charge < -0.3 is 10.2 Å². The lowest BCUT2D eigenvalue weighted by atomic mass is 9.97. The van der Waals surface area contributed by atoms with E-state index in [4.69, 9.17) is 0 Å². The molecule has 1 aromatic rings. The minimum absolute atomic E-state index is 0.161. The molecule has 114 valence electrons. The highest BCUT2D eigenvalue weighted by Gasteiger charge is 2.22. The van der Waals surface area contributed by atoms with Crippen LogP contribution >= 0.6 is 0 Å². The van der Waals surface area contributed by atoms with Crippen molar-refractivity contribution < 1.29 is 4.39 Å². The first kappa shape index (κ1) is 17.1. The Morgan fingerprint density at radius 3 is 2.40 bits per heavy atom. The van der Waals surface area contributed by atoms with Gasteiger partial charge in [0.2, 0.25) is 0 Å². The van der Waals surface area contributed by atoms with Gasteiger partial charge in [-0.3, -0.25) is 4.98 Å². The topological polar surface area (TPSA) is 28.2 Å². The number of halogens is 1. The molecule has 0 aliphatic carbocycles. The number of hydrogen-bond donors (Lipinski definition) is 1. The van der Waals surface area contributed by atoms with Gasteiger partial charge in [0.05, 0.1) is 17.9 Å². The molecule has 0 amide bonds. The standard InChI is InChI=1S/C16H28FN3/c1-6-18-16(15-9-8-14(17)10-19-15)13(5)11-20(7-2)12(3)4/h8-10,12-13,16,18H,6-7,11H2,1-5H3. The van der Waals surface area contributed by atoms with Crippen LogP contribution in [0.25, 0.3) is 0 Å². The fourth-order valence-corrected chi connectivity index (χ4v) is 2.57. The smallest absolute Gasteiger partial charge is 0.141 e. The molecular weight excluding hydrogens is 253 g/mol. The number of nitrogens with zero attached hydrogens (tertiary/aromatic N) is 2. The van der Waals surface area contributed by atoms with E-state index in [1.54, 1.807) is 6.07 Å². The zero-order valence-corrected chi connectivity index (χ0v) is 13.4. The molecule has 0 saturated carbocycles. The van der Waals surface area contributed by atoms with Crippen molar-refractivity contribution in [3.63, 3.8) is 0 Å². The summed E-state index contributed by atoms with van der Waals surface area (Å²) >= 11 is 0. The van der Waals surface area contributed by atoms with Gasteiger partial charge in [-0.1, -0.05) is 20.8 Å². The second kappa shape index (κ2) is 8.32. The van der Waals surface area contributed by atoms with Crippen molar-refractivity contribution in [2.75, 3.05) is 19.6 Å². The normalized spacial score (nSPS) is 14.8. The summed E-state index contributed by atoms with van der Waals surface area (Å²) in [5.41, 5.74) is 0.917. The molecule has 0 spiro atoms. The average Bonchev–Trinajstić information content (AvgIpc) is 2.42. The first-order valence-corrected chi connectivity index (χ1v) is 7.58. The van der Waals surface area contributed by atoms with E-state index < -0.39 is 0 Å². The predicted molar refractivity (Wildman–Crippen MR) is 82.2 cm³/mol. The Balaban J connectivity index is 2.81. The van der Waals surface area contributed by atoms with Crippen LogP contribution in [0.4, 0.5) is 4.39 Å². The molecule has 0 aromatic carbocycles. The molecular formula is C16H28FN3. The Hall–Kier alpha value is -1.00. The summed E-state index contributed by atoms with van der Waals surface area (Å²) in [5, 5.41) is 3.47. The summed E-state index contributed by atoms with van der Waals surface area (Å²) in [6.07, 6.45) is 1.30. The highest BCUT2D eigenvalue weighted by Crippen LogP contribution is 2.22. The maximum atomic E-state index is 13.0. The van der Waals surface area contributed by atoms with Gasteiger partial charge in [-0.15, -0.1) is 0 Å². The lowest BCUT2D eigenvalue weighted by Crippen LogP contribution is -2.39. The van der Waals surface area contributed by atoms with E-state index in [2.05, 4.69) is 49.8 Å². The van der Waals surface area contributed by atoms with E-state index in [1.165, 1.54) is 12.3 Å². The third-order valence-corrected chi connectivity index (χ3v) is 3.72. The number of nitrogens with one attached hydrogen (secondary N) is 1. The fourth-order valence-electron chi connectivity index (χ4n) is 2.57. The maximum absolute atomic E-state index is 13.0. The van der Waals surface area contributed by atoms with Gasteiger partial charge in [-0.25, -0.2) is 4.39 Å². The summed E-state index contributed by atoms with van der Waals surface area (Å²) in [7, 11) is 0. The molecule has 0 saturated heterocycles. The summed E-state index contributed by atoms with van der Waals surface area (Å²) in [6.45, 7) is 13.9. The molecule has 2 atom stereocenters. The van der Waals surface area contributed by atoms with Crippen LogP contribution in [-0.2, 0) is 0 Å². The van der Waals surface area contributed by atoms with Crippen LogP contribution in [-0.4, -0.2) is 35.6 Å². The third-order valence-electron chi connectivity index (χ3n) is 3.72. The van der Waals surface area contributed by atoms with Crippen molar-refractivity contribution in [2.24, 2.45) is 5.92 Å². The van der Waals surface area contributed by atoms with Gasteiger partial charge in [0.25, 0.3) is 0 Å². The monoisotopic (exact) mass is 281 g/mol.